The van der Waals surface area contributed by atoms with Crippen molar-refractivity contribution in [2.24, 2.45) is 17.2 Å². The van der Waals surface area contributed by atoms with Crippen LogP contribution >= 0.6 is 0 Å². The van der Waals surface area contributed by atoms with Gasteiger partial charge < -0.3 is 75.0 Å². The Kier molecular flexibility index (Phi) is 22.5. The molecular formula is C50H70N16O9. The highest BCUT2D eigenvalue weighted by Gasteiger charge is 2.35. The van der Waals surface area contributed by atoms with Crippen LogP contribution in [0, 0.1) is 5.41 Å². The number of hydrogen-bond donors (Lipinski definition) is 15. The Morgan fingerprint density at radius 2 is 1.41 bits per heavy atom. The molecule has 2 aromatic carbocycles. The van der Waals surface area contributed by atoms with Gasteiger partial charge in [-0.15, -0.1) is 0 Å². The van der Waals surface area contributed by atoms with Gasteiger partial charge >= 0.3 is 0 Å². The van der Waals surface area contributed by atoms with Gasteiger partial charge in [-0.1, -0.05) is 48.5 Å². The second kappa shape index (κ2) is 29.4. The molecule has 0 radical (unpaired) electrons. The van der Waals surface area contributed by atoms with E-state index in [4.69, 9.17) is 22.6 Å². The Morgan fingerprint density at radius 1 is 0.760 bits per heavy atom. The first-order valence-corrected chi connectivity index (χ1v) is 25.0. The van der Waals surface area contributed by atoms with E-state index in [1.807, 2.05) is 24.3 Å². The summed E-state index contributed by atoms with van der Waals surface area (Å²) in [6, 6.07) is 6.48. The van der Waals surface area contributed by atoms with Gasteiger partial charge in [0, 0.05) is 62.6 Å². The average Bonchev–Trinajstić information content (AvgIpc) is 4.05. The van der Waals surface area contributed by atoms with E-state index < -0.39 is 102 Å². The molecule has 7 atom stereocenters. The molecule has 1 aliphatic heterocycles. The largest absolute Gasteiger partial charge is 0.370 e. The van der Waals surface area contributed by atoms with Crippen LogP contribution in [0.25, 0.3) is 10.9 Å². The van der Waals surface area contributed by atoms with Crippen LogP contribution in [0.4, 0.5) is 0 Å². The molecule has 5 rings (SSSR count). The molecule has 1 aliphatic rings. The van der Waals surface area contributed by atoms with Crippen LogP contribution in [0.1, 0.15) is 81.5 Å². The van der Waals surface area contributed by atoms with Crippen molar-refractivity contribution in [1.29, 1.82) is 5.41 Å². The van der Waals surface area contributed by atoms with Gasteiger partial charge in [-0.2, -0.15) is 0 Å². The van der Waals surface area contributed by atoms with Gasteiger partial charge in [-0.05, 0) is 75.1 Å². The molecule has 75 heavy (non-hydrogen) atoms. The molecule has 25 nitrogen and oxygen atoms in total. The summed E-state index contributed by atoms with van der Waals surface area (Å²) in [6.45, 7) is 1.71. The summed E-state index contributed by atoms with van der Waals surface area (Å²) in [4.78, 5) is 135. The SMILES string of the molecule is CC(=O)N[C@@H](CCCCN)C(=O)N[C@H]1CC(=O)NCCCCC(C(N)=O)NC(=O)[C@H](Cc2c[nH]c3ccccc23)NC(=O)[C@H](CCCNC(=N)N)NC(=O)[C@@H](Cc2ccccc2)NC(=O)[C@H](Cc2c[nH]cn2)NC1=O. The normalized spacial score (nSPS) is 21.2. The van der Waals surface area contributed by atoms with E-state index >= 15 is 0 Å². The summed E-state index contributed by atoms with van der Waals surface area (Å²) >= 11 is 0. The fraction of sp³-hybridized carbons (Fsp3) is 0.460. The Labute approximate surface area is 433 Å². The number of amides is 9. The molecule has 0 aliphatic carbocycles. The van der Waals surface area contributed by atoms with Crippen molar-refractivity contribution in [1.82, 2.24) is 62.8 Å². The van der Waals surface area contributed by atoms with Crippen molar-refractivity contribution in [2.75, 3.05) is 19.6 Å². The fourth-order valence-electron chi connectivity index (χ4n) is 8.50. The van der Waals surface area contributed by atoms with Gasteiger partial charge in [0.1, 0.15) is 42.3 Å². The van der Waals surface area contributed by atoms with E-state index in [9.17, 15) is 43.2 Å². The topological polar surface area (TPSA) is 408 Å². The number of nitrogens with two attached hydrogens (primary N) is 3. The van der Waals surface area contributed by atoms with Crippen molar-refractivity contribution in [3.8, 4) is 0 Å². The van der Waals surface area contributed by atoms with Crippen LogP contribution in [0.15, 0.2) is 73.3 Å². The van der Waals surface area contributed by atoms with Gasteiger partial charge in [0.2, 0.25) is 53.2 Å². The number of H-pyrrole nitrogens is 2. The second-order valence-electron chi connectivity index (χ2n) is 18.4. The third-order valence-corrected chi connectivity index (χ3v) is 12.4. The molecule has 4 aromatic rings. The molecule has 9 amide bonds. The summed E-state index contributed by atoms with van der Waals surface area (Å²) in [7, 11) is 0. The third kappa shape index (κ3) is 18.9. The number of imidazole rings is 1. The van der Waals surface area contributed by atoms with Crippen LogP contribution in [-0.2, 0) is 62.4 Å². The maximum absolute atomic E-state index is 14.7. The number of carbonyl (C=O) groups excluding carboxylic acids is 9. The third-order valence-electron chi connectivity index (χ3n) is 12.4. The molecule has 2 aromatic heterocycles. The smallest absolute Gasteiger partial charge is 0.243 e. The number of para-hydroxylation sites is 1. The Hall–Kier alpha value is -8.35. The molecule has 3 heterocycles. The molecule has 1 fully saturated rings. The van der Waals surface area contributed by atoms with E-state index in [0.29, 0.717) is 36.2 Å². The highest BCUT2D eigenvalue weighted by atomic mass is 16.2. The lowest BCUT2D eigenvalue weighted by atomic mass is 10.0. The van der Waals surface area contributed by atoms with Crippen molar-refractivity contribution in [2.45, 2.75) is 126 Å². The zero-order chi connectivity index (χ0) is 54.3. The minimum Gasteiger partial charge on any atom is -0.370 e. The van der Waals surface area contributed by atoms with Crippen LogP contribution < -0.4 is 65.1 Å². The highest BCUT2D eigenvalue weighted by Crippen LogP contribution is 2.20. The number of hydrogen-bond acceptors (Lipinski definition) is 12. The van der Waals surface area contributed by atoms with Gasteiger partial charge in [0.05, 0.1) is 18.4 Å². The van der Waals surface area contributed by atoms with Crippen LogP contribution in [0.2, 0.25) is 0 Å². The second-order valence-corrected chi connectivity index (χ2v) is 18.4. The molecule has 1 unspecified atom stereocenters. The molecule has 1 saturated heterocycles. The van der Waals surface area contributed by atoms with Crippen LogP contribution in [0.3, 0.4) is 0 Å². The fourth-order valence-corrected chi connectivity index (χ4v) is 8.50. The van der Waals surface area contributed by atoms with Gasteiger partial charge in [-0.25, -0.2) is 4.98 Å². The van der Waals surface area contributed by atoms with E-state index in [1.165, 1.54) is 19.4 Å². The number of nitrogens with one attached hydrogen (secondary N) is 12. The van der Waals surface area contributed by atoms with Crippen molar-refractivity contribution >= 4 is 70.0 Å². The number of benzene rings is 2. The summed E-state index contributed by atoms with van der Waals surface area (Å²) in [6.07, 6.45) is 5.35. The number of primary amides is 1. The standard InChI is InChI=1S/C50H70N16O9/c1-29(67)60-36(17-7-9-19-51)44(70)66-41-25-42(68)56-20-10-8-16-35(43(52)69)61-47(73)39(23-31-26-58-34-15-6-5-14-33(31)34)64-45(71)37(18-11-21-57-50(53)54)62-46(72)38(22-30-12-3-2-4-13-30)63-48(74)40(65-49(41)75)24-32-27-55-28-59-32/h2-6,12-15,26-28,35-41,58H,7-11,16-25,51H2,1H3,(H2,52,69)(H,55,59)(H,56,68)(H,60,67)(H,61,73)(H,62,72)(H,63,74)(H,64,71)(H,65,75)(H,66,70)(H4,53,54,57)/t35?,36-,37-,38+,39-,40-,41-/m0/s1. The predicted octanol–water partition coefficient (Wildman–Crippen LogP) is -2.10. The molecule has 18 N–H and O–H groups in total. The lowest BCUT2D eigenvalue weighted by Crippen LogP contribution is -2.61. The highest BCUT2D eigenvalue weighted by molar-refractivity contribution is 5.99. The maximum Gasteiger partial charge on any atom is 0.243 e. The molecule has 0 spiro atoms. The van der Waals surface area contributed by atoms with Gasteiger partial charge in [0.15, 0.2) is 5.96 Å². The van der Waals surface area contributed by atoms with Gasteiger partial charge in [0.25, 0.3) is 0 Å². The number of fused-ring (bicyclic) bond motifs is 1. The summed E-state index contributed by atoms with van der Waals surface area (Å²) in [5.41, 5.74) is 19.3. The average molecular weight is 1040 g/mol. The quantitative estimate of drug-likeness (QED) is 0.0289. The first kappa shape index (κ1) is 57.5. The van der Waals surface area contributed by atoms with Crippen LogP contribution in [-0.4, -0.2) is 136 Å². The van der Waals surface area contributed by atoms with Crippen molar-refractivity contribution in [3.63, 3.8) is 0 Å². The minimum absolute atomic E-state index is 0.0313. The number of guanidine groups is 1. The Morgan fingerprint density at radius 3 is 2.09 bits per heavy atom. The van der Waals surface area contributed by atoms with E-state index in [1.54, 1.807) is 36.5 Å². The Bertz CT molecular complexity index is 2590. The van der Waals surface area contributed by atoms with Crippen LogP contribution in [0.5, 0.6) is 0 Å². The first-order chi connectivity index (χ1) is 36.0. The summed E-state index contributed by atoms with van der Waals surface area (Å²) in [5, 5.41) is 32.6. The first-order valence-electron chi connectivity index (χ1n) is 25.0. The van der Waals surface area contributed by atoms with Crippen molar-refractivity contribution in [3.05, 3.63) is 90.1 Å². The molecule has 404 valence electrons. The van der Waals surface area contributed by atoms with Crippen molar-refractivity contribution < 1.29 is 43.2 Å². The van der Waals surface area contributed by atoms with E-state index in [-0.39, 0.29) is 76.8 Å². The lowest BCUT2D eigenvalue weighted by Gasteiger charge is -2.28. The Balaban J connectivity index is 1.55. The zero-order valence-electron chi connectivity index (χ0n) is 41.9. The number of aromatic nitrogens is 3. The molecule has 0 bridgehead atoms. The monoisotopic (exact) mass is 1040 g/mol. The van der Waals surface area contributed by atoms with Gasteiger partial charge in [-0.3, -0.25) is 48.6 Å². The zero-order valence-corrected chi connectivity index (χ0v) is 41.9. The maximum atomic E-state index is 14.7. The molecule has 25 heteroatoms. The summed E-state index contributed by atoms with van der Waals surface area (Å²) in [5.74, 6) is -7.38. The molecule has 0 saturated carbocycles. The van der Waals surface area contributed by atoms with E-state index in [2.05, 4.69) is 62.8 Å². The van der Waals surface area contributed by atoms with E-state index in [0.717, 1.165) is 10.9 Å². The number of nitrogens with zero attached hydrogens (tertiary/aromatic N) is 1. The number of unbranched alkanes of at least 4 members (excludes halogenated alkanes) is 1. The lowest BCUT2D eigenvalue weighted by molar-refractivity contribution is -0.136. The minimum atomic E-state index is -1.61. The number of rotatable bonds is 18. The predicted molar refractivity (Wildman–Crippen MR) is 276 cm³/mol. The summed E-state index contributed by atoms with van der Waals surface area (Å²) < 4.78 is 0. The number of aromatic amines is 2. The molecular weight excluding hydrogens is 969 g/mol. The number of carbonyl (C=O) groups is 9.